The van der Waals surface area contributed by atoms with Crippen LogP contribution in [0.25, 0.3) is 0 Å². The molecule has 19 heavy (non-hydrogen) atoms. The summed E-state index contributed by atoms with van der Waals surface area (Å²) in [5, 5.41) is 3.23. The van der Waals surface area contributed by atoms with E-state index in [1.54, 1.807) is 13.2 Å². The molecule has 0 radical (unpaired) electrons. The molecule has 0 saturated carbocycles. The molecule has 0 saturated heterocycles. The fraction of sp³-hybridized carbons (Fsp3) is 0.286. The summed E-state index contributed by atoms with van der Waals surface area (Å²) >= 11 is 0. The number of hydrogen-bond acceptors (Lipinski definition) is 5. The summed E-state index contributed by atoms with van der Waals surface area (Å²) in [5.74, 6) is 1.72. The van der Waals surface area contributed by atoms with Gasteiger partial charge in [0.15, 0.2) is 5.82 Å². The Labute approximate surface area is 112 Å². The average Bonchev–Trinajstić information content (AvgIpc) is 2.38. The molecular formula is C14H18N4O. The van der Waals surface area contributed by atoms with E-state index in [0.717, 1.165) is 0 Å². The molecule has 3 N–H and O–H groups in total. The first-order valence-electron chi connectivity index (χ1n) is 6.09. The molecule has 0 aliphatic carbocycles. The predicted octanol–water partition coefficient (Wildman–Crippen LogP) is 2.13. The second-order valence-corrected chi connectivity index (χ2v) is 4.37. The lowest BCUT2D eigenvalue weighted by Gasteiger charge is -2.08. The number of nitrogens with one attached hydrogen (secondary N) is 1. The summed E-state index contributed by atoms with van der Waals surface area (Å²) in [7, 11) is 1.60. The zero-order valence-corrected chi connectivity index (χ0v) is 11.2. The first-order chi connectivity index (χ1) is 9.17. The zero-order chi connectivity index (χ0) is 13.7. The Morgan fingerprint density at radius 1 is 1.21 bits per heavy atom. The number of aryl methyl sites for hydroxylation is 1. The summed E-state index contributed by atoms with van der Waals surface area (Å²) in [6, 6.07) is 10.1. The molecule has 0 amide bonds. The van der Waals surface area contributed by atoms with E-state index in [1.165, 1.54) is 11.1 Å². The maximum absolute atomic E-state index is 5.73. The Kier molecular flexibility index (Phi) is 4.30. The van der Waals surface area contributed by atoms with Crippen molar-refractivity contribution in [2.24, 2.45) is 0 Å². The van der Waals surface area contributed by atoms with Crippen LogP contribution < -0.4 is 11.1 Å². The van der Waals surface area contributed by atoms with Crippen LogP contribution in [0, 0.1) is 6.92 Å². The molecule has 5 nitrogen and oxygen atoms in total. The number of benzene rings is 1. The number of rotatable bonds is 5. The molecule has 2 rings (SSSR count). The minimum Gasteiger partial charge on any atom is -0.384 e. The normalized spacial score (nSPS) is 10.4. The van der Waals surface area contributed by atoms with Gasteiger partial charge in [-0.15, -0.1) is 0 Å². The van der Waals surface area contributed by atoms with E-state index >= 15 is 0 Å². The van der Waals surface area contributed by atoms with Crippen LogP contribution in [0.2, 0.25) is 0 Å². The average molecular weight is 258 g/mol. The van der Waals surface area contributed by atoms with Crippen molar-refractivity contribution in [1.29, 1.82) is 0 Å². The molecule has 0 atom stereocenters. The van der Waals surface area contributed by atoms with E-state index in [-0.39, 0.29) is 0 Å². The molecule has 1 heterocycles. The number of methoxy groups -OCH3 is 1. The second kappa shape index (κ2) is 6.15. The van der Waals surface area contributed by atoms with Gasteiger partial charge in [0, 0.05) is 19.7 Å². The number of hydrogen-bond donors (Lipinski definition) is 2. The van der Waals surface area contributed by atoms with Crippen LogP contribution in [-0.2, 0) is 17.9 Å². The third kappa shape index (κ3) is 3.93. The van der Waals surface area contributed by atoms with Crippen molar-refractivity contribution >= 4 is 11.6 Å². The van der Waals surface area contributed by atoms with Crippen LogP contribution >= 0.6 is 0 Å². The van der Waals surface area contributed by atoms with Gasteiger partial charge in [-0.3, -0.25) is 0 Å². The topological polar surface area (TPSA) is 73.1 Å². The molecule has 0 aliphatic rings. The SMILES string of the molecule is COCc1nc(N)cc(NCc2ccc(C)cc2)n1. The van der Waals surface area contributed by atoms with Crippen LogP contribution in [0.5, 0.6) is 0 Å². The summed E-state index contributed by atoms with van der Waals surface area (Å²) in [6.07, 6.45) is 0. The summed E-state index contributed by atoms with van der Waals surface area (Å²) in [4.78, 5) is 8.42. The number of nitrogen functional groups attached to an aromatic ring is 1. The standard InChI is InChI=1S/C14H18N4O/c1-10-3-5-11(6-4-10)8-16-13-7-12(15)17-14(18-13)9-19-2/h3-7H,8-9H2,1-2H3,(H3,15,16,17,18). The maximum Gasteiger partial charge on any atom is 0.158 e. The van der Waals surface area contributed by atoms with Crippen molar-refractivity contribution in [3.8, 4) is 0 Å². The van der Waals surface area contributed by atoms with Gasteiger partial charge in [0.2, 0.25) is 0 Å². The van der Waals surface area contributed by atoms with Crippen LogP contribution in [0.4, 0.5) is 11.6 Å². The molecule has 1 aromatic heterocycles. The van der Waals surface area contributed by atoms with Crippen molar-refractivity contribution in [1.82, 2.24) is 9.97 Å². The highest BCUT2D eigenvalue weighted by molar-refractivity contribution is 5.45. The molecule has 0 aliphatic heterocycles. The van der Waals surface area contributed by atoms with Crippen molar-refractivity contribution in [2.75, 3.05) is 18.2 Å². The van der Waals surface area contributed by atoms with Crippen molar-refractivity contribution in [2.45, 2.75) is 20.1 Å². The van der Waals surface area contributed by atoms with Gasteiger partial charge in [-0.05, 0) is 12.5 Å². The minimum atomic E-state index is 0.351. The van der Waals surface area contributed by atoms with Gasteiger partial charge in [-0.1, -0.05) is 29.8 Å². The fourth-order valence-corrected chi connectivity index (χ4v) is 1.70. The van der Waals surface area contributed by atoms with E-state index in [9.17, 15) is 0 Å². The molecule has 0 spiro atoms. The van der Waals surface area contributed by atoms with Gasteiger partial charge in [-0.25, -0.2) is 9.97 Å². The van der Waals surface area contributed by atoms with Crippen molar-refractivity contribution in [3.05, 3.63) is 47.3 Å². The van der Waals surface area contributed by atoms with Gasteiger partial charge < -0.3 is 15.8 Å². The predicted molar refractivity (Wildman–Crippen MR) is 75.7 cm³/mol. The summed E-state index contributed by atoms with van der Waals surface area (Å²) in [5.41, 5.74) is 8.17. The highest BCUT2D eigenvalue weighted by Crippen LogP contribution is 2.11. The van der Waals surface area contributed by atoms with Crippen molar-refractivity contribution in [3.63, 3.8) is 0 Å². The van der Waals surface area contributed by atoms with E-state index < -0.39 is 0 Å². The molecule has 5 heteroatoms. The Balaban J connectivity index is 2.04. The molecular weight excluding hydrogens is 240 g/mol. The maximum atomic E-state index is 5.73. The highest BCUT2D eigenvalue weighted by Gasteiger charge is 2.02. The second-order valence-electron chi connectivity index (χ2n) is 4.37. The number of nitrogens with zero attached hydrogens (tertiary/aromatic N) is 2. The van der Waals surface area contributed by atoms with Gasteiger partial charge in [0.05, 0.1) is 0 Å². The van der Waals surface area contributed by atoms with Crippen LogP contribution in [0.3, 0.4) is 0 Å². The smallest absolute Gasteiger partial charge is 0.158 e. The summed E-state index contributed by atoms with van der Waals surface area (Å²) < 4.78 is 5.01. The number of anilines is 2. The monoisotopic (exact) mass is 258 g/mol. The number of nitrogens with two attached hydrogens (primary N) is 1. The third-order valence-corrected chi connectivity index (χ3v) is 2.66. The molecule has 0 bridgehead atoms. The Bertz CT molecular complexity index is 540. The first-order valence-corrected chi connectivity index (χ1v) is 6.09. The van der Waals surface area contributed by atoms with E-state index in [0.29, 0.717) is 30.6 Å². The Hall–Kier alpha value is -2.14. The lowest BCUT2D eigenvalue weighted by molar-refractivity contribution is 0.178. The van der Waals surface area contributed by atoms with E-state index in [1.807, 2.05) is 0 Å². The van der Waals surface area contributed by atoms with Crippen LogP contribution in [0.15, 0.2) is 30.3 Å². The molecule has 100 valence electrons. The third-order valence-electron chi connectivity index (χ3n) is 2.66. The lowest BCUT2D eigenvalue weighted by atomic mass is 10.1. The molecule has 2 aromatic rings. The van der Waals surface area contributed by atoms with Gasteiger partial charge in [-0.2, -0.15) is 0 Å². The number of ether oxygens (including phenoxy) is 1. The first kappa shape index (κ1) is 13.3. The van der Waals surface area contributed by atoms with Gasteiger partial charge >= 0.3 is 0 Å². The Morgan fingerprint density at radius 2 is 1.95 bits per heavy atom. The molecule has 0 unspecified atom stereocenters. The summed E-state index contributed by atoms with van der Waals surface area (Å²) in [6.45, 7) is 3.12. The van der Waals surface area contributed by atoms with E-state index in [2.05, 4.69) is 46.5 Å². The van der Waals surface area contributed by atoms with Gasteiger partial charge in [0.1, 0.15) is 18.2 Å². The van der Waals surface area contributed by atoms with Crippen LogP contribution in [-0.4, -0.2) is 17.1 Å². The van der Waals surface area contributed by atoms with Crippen molar-refractivity contribution < 1.29 is 4.74 Å². The molecule has 1 aromatic carbocycles. The fourth-order valence-electron chi connectivity index (χ4n) is 1.70. The largest absolute Gasteiger partial charge is 0.384 e. The Morgan fingerprint density at radius 3 is 2.63 bits per heavy atom. The van der Waals surface area contributed by atoms with Gasteiger partial charge in [0.25, 0.3) is 0 Å². The minimum absolute atomic E-state index is 0.351. The highest BCUT2D eigenvalue weighted by atomic mass is 16.5. The quantitative estimate of drug-likeness (QED) is 0.859. The zero-order valence-electron chi connectivity index (χ0n) is 11.2. The molecule has 0 fully saturated rings. The van der Waals surface area contributed by atoms with E-state index in [4.69, 9.17) is 10.5 Å². The lowest BCUT2D eigenvalue weighted by Crippen LogP contribution is -2.07. The van der Waals surface area contributed by atoms with Crippen LogP contribution in [0.1, 0.15) is 17.0 Å². The number of aromatic nitrogens is 2.